The minimum absolute atomic E-state index is 0.00759. The van der Waals surface area contributed by atoms with Gasteiger partial charge in [-0.25, -0.2) is 0 Å². The summed E-state index contributed by atoms with van der Waals surface area (Å²) in [4.78, 5) is 14.4. The number of carbonyl (C=O) groups excluding carboxylic acids is 1. The van der Waals surface area contributed by atoms with E-state index in [0.29, 0.717) is 21.5 Å². The molecule has 0 spiro atoms. The Hall–Kier alpha value is -0.250. The summed E-state index contributed by atoms with van der Waals surface area (Å²) in [6.07, 6.45) is 1.04. The van der Waals surface area contributed by atoms with Gasteiger partial charge in [-0.2, -0.15) is 0 Å². The number of hydrogen-bond donors (Lipinski definition) is 0. The molecular weight excluding hydrogens is 337 g/mol. The van der Waals surface area contributed by atoms with Gasteiger partial charge in [-0.05, 0) is 30.5 Å². The maximum Gasteiger partial charge on any atom is 0.254 e. The highest BCUT2D eigenvalue weighted by atomic mass is 79.9. The average Bonchev–Trinajstić information content (AvgIpc) is 2.68. The van der Waals surface area contributed by atoms with Crippen LogP contribution in [0.15, 0.2) is 18.2 Å². The molecule has 1 amide bonds. The van der Waals surface area contributed by atoms with E-state index in [0.717, 1.165) is 18.3 Å². The van der Waals surface area contributed by atoms with E-state index < -0.39 is 0 Å². The Bertz CT molecular complexity index is 446. The van der Waals surface area contributed by atoms with Crippen molar-refractivity contribution in [3.8, 4) is 0 Å². The second-order valence-corrected chi connectivity index (χ2v) is 6.16. The molecule has 0 aromatic heterocycles. The van der Waals surface area contributed by atoms with Crippen LogP contribution >= 0.6 is 39.1 Å². The third-order valence-corrected chi connectivity index (χ3v) is 4.51. The number of alkyl halides is 1. The molecule has 98 valence electrons. The van der Waals surface area contributed by atoms with Gasteiger partial charge in [0.1, 0.15) is 0 Å². The van der Waals surface area contributed by atoms with E-state index in [1.54, 1.807) is 18.2 Å². The van der Waals surface area contributed by atoms with Gasteiger partial charge in [-0.3, -0.25) is 4.79 Å². The van der Waals surface area contributed by atoms with E-state index in [1.807, 2.05) is 4.90 Å². The van der Waals surface area contributed by atoms with E-state index in [1.165, 1.54) is 0 Å². The van der Waals surface area contributed by atoms with Crippen molar-refractivity contribution < 1.29 is 4.79 Å². The lowest BCUT2D eigenvalue weighted by molar-refractivity contribution is 0.0738. The first kappa shape index (κ1) is 14.2. The lowest BCUT2D eigenvalue weighted by atomic mass is 10.0. The first-order chi connectivity index (χ1) is 8.52. The minimum Gasteiger partial charge on any atom is -0.335 e. The minimum atomic E-state index is 0.00759. The van der Waals surface area contributed by atoms with Crippen LogP contribution in [0.2, 0.25) is 10.0 Å². The highest BCUT2D eigenvalue weighted by molar-refractivity contribution is 9.09. The summed E-state index contributed by atoms with van der Waals surface area (Å²) >= 11 is 15.4. The lowest BCUT2D eigenvalue weighted by Crippen LogP contribution is -2.38. The molecular formula is C13H14BrCl2NO. The van der Waals surface area contributed by atoms with Gasteiger partial charge < -0.3 is 4.90 Å². The highest BCUT2D eigenvalue weighted by Gasteiger charge is 2.34. The quantitative estimate of drug-likeness (QED) is 0.730. The first-order valence-electron chi connectivity index (χ1n) is 5.86. The molecule has 1 fully saturated rings. The van der Waals surface area contributed by atoms with Crippen molar-refractivity contribution in [3.63, 3.8) is 0 Å². The third kappa shape index (κ3) is 2.84. The van der Waals surface area contributed by atoms with Gasteiger partial charge in [0.25, 0.3) is 5.91 Å². The molecule has 0 aliphatic carbocycles. The van der Waals surface area contributed by atoms with Crippen LogP contribution in [0.5, 0.6) is 0 Å². The molecule has 1 aliphatic rings. The topological polar surface area (TPSA) is 20.3 Å². The Kier molecular flexibility index (Phi) is 4.57. The molecule has 5 heteroatoms. The summed E-state index contributed by atoms with van der Waals surface area (Å²) in [6.45, 7) is 2.96. The highest BCUT2D eigenvalue weighted by Crippen LogP contribution is 2.28. The number of hydrogen-bond acceptors (Lipinski definition) is 1. The van der Waals surface area contributed by atoms with Gasteiger partial charge in [0, 0.05) is 33.5 Å². The van der Waals surface area contributed by atoms with Gasteiger partial charge >= 0.3 is 0 Å². The number of carbonyl (C=O) groups is 1. The molecule has 2 rings (SSSR count). The second-order valence-electron chi connectivity index (χ2n) is 4.64. The van der Waals surface area contributed by atoms with E-state index in [4.69, 9.17) is 23.2 Å². The van der Waals surface area contributed by atoms with Crippen LogP contribution in [0.1, 0.15) is 23.7 Å². The van der Waals surface area contributed by atoms with E-state index in [2.05, 4.69) is 22.9 Å². The van der Waals surface area contributed by atoms with Crippen molar-refractivity contribution in [2.75, 3.05) is 11.9 Å². The first-order valence-corrected chi connectivity index (χ1v) is 7.73. The molecule has 0 N–H and O–H groups in total. The maximum atomic E-state index is 12.5. The smallest absolute Gasteiger partial charge is 0.254 e. The van der Waals surface area contributed by atoms with Gasteiger partial charge in [0.2, 0.25) is 0 Å². The SMILES string of the molecule is CC1CCN(C(=O)c2cc(Cl)cc(Cl)c2)C1CBr. The molecule has 18 heavy (non-hydrogen) atoms. The molecule has 1 aliphatic heterocycles. The molecule has 2 unspecified atom stereocenters. The van der Waals surface area contributed by atoms with Gasteiger partial charge in [-0.15, -0.1) is 0 Å². The van der Waals surface area contributed by atoms with E-state index in [9.17, 15) is 4.79 Å². The van der Waals surface area contributed by atoms with Gasteiger partial charge in [0.05, 0.1) is 0 Å². The predicted molar refractivity (Wildman–Crippen MR) is 78.9 cm³/mol. The molecule has 2 atom stereocenters. The summed E-state index contributed by atoms with van der Waals surface area (Å²) in [5.41, 5.74) is 0.563. The second kappa shape index (κ2) is 5.81. The normalized spacial score (nSPS) is 23.4. The van der Waals surface area contributed by atoms with Crippen molar-refractivity contribution in [2.24, 2.45) is 5.92 Å². The van der Waals surface area contributed by atoms with E-state index in [-0.39, 0.29) is 11.9 Å². The fraction of sp³-hybridized carbons (Fsp3) is 0.462. The molecule has 1 aromatic carbocycles. The zero-order valence-corrected chi connectivity index (χ0v) is 13.1. The number of nitrogens with zero attached hydrogens (tertiary/aromatic N) is 1. The number of benzene rings is 1. The van der Waals surface area contributed by atoms with Crippen LogP contribution in [0.25, 0.3) is 0 Å². The molecule has 0 bridgehead atoms. The van der Waals surface area contributed by atoms with Crippen LogP contribution < -0.4 is 0 Å². The Labute approximate surface area is 125 Å². The Morgan fingerprint density at radius 3 is 2.56 bits per heavy atom. The van der Waals surface area contributed by atoms with Gasteiger partial charge in [0.15, 0.2) is 0 Å². The molecule has 1 saturated heterocycles. The predicted octanol–water partition coefficient (Wildman–Crippen LogP) is 4.24. The molecule has 0 radical (unpaired) electrons. The van der Waals surface area contributed by atoms with Gasteiger partial charge in [-0.1, -0.05) is 46.1 Å². The van der Waals surface area contributed by atoms with E-state index >= 15 is 0 Å². The zero-order chi connectivity index (χ0) is 13.3. The molecule has 1 heterocycles. The Morgan fingerprint density at radius 2 is 2.00 bits per heavy atom. The Balaban J connectivity index is 2.25. The number of halogens is 3. The fourth-order valence-corrected chi connectivity index (χ4v) is 3.85. The monoisotopic (exact) mass is 349 g/mol. The fourth-order valence-electron chi connectivity index (χ4n) is 2.34. The van der Waals surface area contributed by atoms with Crippen LogP contribution in [-0.2, 0) is 0 Å². The molecule has 2 nitrogen and oxygen atoms in total. The summed E-state index contributed by atoms with van der Waals surface area (Å²) in [7, 11) is 0. The molecule has 1 aromatic rings. The third-order valence-electron chi connectivity index (χ3n) is 3.41. The summed E-state index contributed by atoms with van der Waals surface area (Å²) in [6, 6.07) is 5.22. The zero-order valence-electron chi connectivity index (χ0n) is 10.00. The van der Waals surface area contributed by atoms with Crippen molar-refractivity contribution in [2.45, 2.75) is 19.4 Å². The van der Waals surface area contributed by atoms with Crippen LogP contribution in [-0.4, -0.2) is 28.7 Å². The maximum absolute atomic E-state index is 12.5. The Morgan fingerprint density at radius 1 is 1.39 bits per heavy atom. The van der Waals surface area contributed by atoms with Crippen LogP contribution in [0, 0.1) is 5.92 Å². The van der Waals surface area contributed by atoms with Crippen molar-refractivity contribution in [1.82, 2.24) is 4.90 Å². The number of rotatable bonds is 2. The largest absolute Gasteiger partial charge is 0.335 e. The van der Waals surface area contributed by atoms with Crippen molar-refractivity contribution in [3.05, 3.63) is 33.8 Å². The summed E-state index contributed by atoms with van der Waals surface area (Å²) in [5.74, 6) is 0.524. The van der Waals surface area contributed by atoms with Crippen molar-refractivity contribution >= 4 is 45.0 Å². The standard InChI is InChI=1S/C13H14BrCl2NO/c1-8-2-3-17(12(8)7-14)13(18)9-4-10(15)6-11(16)5-9/h4-6,8,12H,2-3,7H2,1H3. The van der Waals surface area contributed by atoms with Crippen molar-refractivity contribution in [1.29, 1.82) is 0 Å². The average molecular weight is 351 g/mol. The van der Waals surface area contributed by atoms with Crippen LogP contribution in [0.3, 0.4) is 0 Å². The lowest BCUT2D eigenvalue weighted by Gasteiger charge is -2.25. The molecule has 0 saturated carbocycles. The summed E-state index contributed by atoms with van der Waals surface area (Å²) in [5, 5.41) is 1.79. The summed E-state index contributed by atoms with van der Waals surface area (Å²) < 4.78 is 0. The number of amides is 1. The number of likely N-dealkylation sites (tertiary alicyclic amines) is 1. The van der Waals surface area contributed by atoms with Crippen LogP contribution in [0.4, 0.5) is 0 Å².